The minimum Gasteiger partial charge on any atom is -0.479 e. The predicted octanol–water partition coefficient (Wildman–Crippen LogP) is 1.20. The lowest BCUT2D eigenvalue weighted by Gasteiger charge is -2.30. The van der Waals surface area contributed by atoms with Crippen LogP contribution in [-0.2, 0) is 19.0 Å². The van der Waals surface area contributed by atoms with E-state index in [4.69, 9.17) is 25.9 Å². The van der Waals surface area contributed by atoms with E-state index in [1.165, 1.54) is 38.5 Å². The molecule has 1 aromatic carbocycles. The standard InChI is InChI=1S/C20H24N2O6/c1-4-9-20(27-3,19(24)25)12-17(14-28-11-10-26-2)22-18(23)16-7-5-15(13-21)6-8-16/h1,5-8,17H,9-12,14H2,2-3H3,(H,22,23)(H,24,25)/t17-,20-/m0/s1. The highest BCUT2D eigenvalue weighted by atomic mass is 16.5. The number of amides is 1. The molecule has 2 N–H and O–H groups in total. The zero-order valence-corrected chi connectivity index (χ0v) is 15.9. The molecule has 0 radical (unpaired) electrons. The first-order valence-electron chi connectivity index (χ1n) is 8.52. The van der Waals surface area contributed by atoms with Crippen molar-refractivity contribution in [3.63, 3.8) is 0 Å². The van der Waals surface area contributed by atoms with E-state index in [9.17, 15) is 14.7 Å². The molecule has 8 nitrogen and oxygen atoms in total. The third kappa shape index (κ3) is 6.67. The molecule has 0 saturated carbocycles. The van der Waals surface area contributed by atoms with Gasteiger partial charge in [0.15, 0.2) is 5.60 Å². The van der Waals surface area contributed by atoms with Gasteiger partial charge in [0, 0.05) is 32.6 Å². The number of hydrogen-bond donors (Lipinski definition) is 2. The molecular formula is C20H24N2O6. The van der Waals surface area contributed by atoms with Crippen LogP contribution in [0.2, 0.25) is 0 Å². The number of nitrogens with one attached hydrogen (secondary N) is 1. The number of rotatable bonds is 12. The Morgan fingerprint density at radius 2 is 1.96 bits per heavy atom. The van der Waals surface area contributed by atoms with Crippen molar-refractivity contribution in [3.8, 4) is 18.4 Å². The number of carbonyl (C=O) groups excluding carboxylic acids is 1. The molecule has 0 spiro atoms. The van der Waals surface area contributed by atoms with Gasteiger partial charge >= 0.3 is 5.97 Å². The number of carboxylic acid groups (broad SMARTS) is 1. The molecule has 0 heterocycles. The van der Waals surface area contributed by atoms with Crippen molar-refractivity contribution in [1.29, 1.82) is 5.26 Å². The number of nitrogens with zero attached hydrogens (tertiary/aromatic N) is 1. The second kappa shape index (κ2) is 11.7. The first-order chi connectivity index (χ1) is 13.4. The van der Waals surface area contributed by atoms with Crippen molar-refractivity contribution in [1.82, 2.24) is 5.32 Å². The van der Waals surface area contributed by atoms with Crippen LogP contribution in [0, 0.1) is 23.7 Å². The molecule has 0 bridgehead atoms. The molecule has 0 aliphatic carbocycles. The lowest BCUT2D eigenvalue weighted by molar-refractivity contribution is -0.163. The second-order valence-corrected chi connectivity index (χ2v) is 6.02. The van der Waals surface area contributed by atoms with Gasteiger partial charge in [0.1, 0.15) is 0 Å². The van der Waals surface area contributed by atoms with Crippen molar-refractivity contribution in [2.75, 3.05) is 34.0 Å². The summed E-state index contributed by atoms with van der Waals surface area (Å²) in [5, 5.41) is 21.2. The van der Waals surface area contributed by atoms with Crippen molar-refractivity contribution >= 4 is 11.9 Å². The smallest absolute Gasteiger partial charge is 0.337 e. The van der Waals surface area contributed by atoms with Crippen molar-refractivity contribution in [2.24, 2.45) is 0 Å². The maximum Gasteiger partial charge on any atom is 0.337 e. The Morgan fingerprint density at radius 3 is 2.46 bits per heavy atom. The van der Waals surface area contributed by atoms with Gasteiger partial charge < -0.3 is 24.6 Å². The van der Waals surface area contributed by atoms with Gasteiger partial charge in [-0.2, -0.15) is 5.26 Å². The fraction of sp³-hybridized carbons (Fsp3) is 0.450. The molecule has 0 aromatic heterocycles. The van der Waals surface area contributed by atoms with Crippen molar-refractivity contribution in [2.45, 2.75) is 24.5 Å². The Kier molecular flexibility index (Phi) is 9.69. The minimum absolute atomic E-state index is 0.0499. The second-order valence-electron chi connectivity index (χ2n) is 6.02. The zero-order chi connectivity index (χ0) is 21.0. The Bertz CT molecular complexity index is 735. The third-order valence-electron chi connectivity index (χ3n) is 4.11. The molecule has 28 heavy (non-hydrogen) atoms. The van der Waals surface area contributed by atoms with E-state index < -0.39 is 23.5 Å². The largest absolute Gasteiger partial charge is 0.479 e. The van der Waals surface area contributed by atoms with Crippen molar-refractivity contribution in [3.05, 3.63) is 35.4 Å². The fourth-order valence-corrected chi connectivity index (χ4v) is 2.53. The van der Waals surface area contributed by atoms with Gasteiger partial charge in [0.05, 0.1) is 37.5 Å². The first kappa shape index (κ1) is 23.1. The number of methoxy groups -OCH3 is 2. The lowest BCUT2D eigenvalue weighted by Crippen LogP contribution is -2.49. The average molecular weight is 388 g/mol. The highest BCUT2D eigenvalue weighted by Crippen LogP contribution is 2.23. The Balaban J connectivity index is 2.96. The molecule has 150 valence electrons. The molecule has 8 heteroatoms. The quantitative estimate of drug-likeness (QED) is 0.408. The van der Waals surface area contributed by atoms with E-state index in [1.54, 1.807) is 0 Å². The Morgan fingerprint density at radius 1 is 1.29 bits per heavy atom. The summed E-state index contributed by atoms with van der Waals surface area (Å²) in [7, 11) is 2.79. The highest BCUT2D eigenvalue weighted by molar-refractivity contribution is 5.94. The maximum atomic E-state index is 12.5. The summed E-state index contributed by atoms with van der Waals surface area (Å²) < 4.78 is 15.6. The van der Waals surface area contributed by atoms with Crippen LogP contribution in [-0.4, -0.2) is 62.7 Å². The number of aliphatic carboxylic acids is 1. The number of benzene rings is 1. The van der Waals surface area contributed by atoms with Crippen LogP contribution in [0.5, 0.6) is 0 Å². The molecule has 0 aliphatic rings. The molecular weight excluding hydrogens is 364 g/mol. The lowest BCUT2D eigenvalue weighted by atomic mass is 9.91. The van der Waals surface area contributed by atoms with Gasteiger partial charge in [0.25, 0.3) is 5.91 Å². The van der Waals surface area contributed by atoms with Crippen LogP contribution >= 0.6 is 0 Å². The summed E-state index contributed by atoms with van der Waals surface area (Å²) >= 11 is 0. The summed E-state index contributed by atoms with van der Waals surface area (Å²) in [6.45, 7) is 0.686. The first-order valence-corrected chi connectivity index (χ1v) is 8.52. The molecule has 1 aromatic rings. The number of hydrogen-bond acceptors (Lipinski definition) is 6. The summed E-state index contributed by atoms with van der Waals surface area (Å²) in [4.78, 5) is 24.3. The monoisotopic (exact) mass is 388 g/mol. The zero-order valence-electron chi connectivity index (χ0n) is 15.9. The van der Waals surface area contributed by atoms with Gasteiger partial charge in [-0.1, -0.05) is 0 Å². The van der Waals surface area contributed by atoms with Gasteiger partial charge in [-0.3, -0.25) is 4.79 Å². The third-order valence-corrected chi connectivity index (χ3v) is 4.11. The van der Waals surface area contributed by atoms with Crippen LogP contribution in [0.25, 0.3) is 0 Å². The highest BCUT2D eigenvalue weighted by Gasteiger charge is 2.41. The van der Waals surface area contributed by atoms with E-state index in [0.717, 1.165) is 0 Å². The summed E-state index contributed by atoms with van der Waals surface area (Å²) in [6.07, 6.45) is 5.06. The molecule has 1 amide bonds. The SMILES string of the molecule is C#CC[C@@](C[C@@H](COCCOC)NC(=O)c1ccc(C#N)cc1)(OC)C(=O)O. The predicted molar refractivity (Wildman–Crippen MR) is 101 cm³/mol. The molecule has 2 atom stereocenters. The number of terminal acetylenes is 1. The van der Waals surface area contributed by atoms with Gasteiger partial charge in [0.2, 0.25) is 0 Å². The van der Waals surface area contributed by atoms with Crippen molar-refractivity contribution < 1.29 is 28.9 Å². The Hall–Kier alpha value is -2.91. The molecule has 0 saturated heterocycles. The van der Waals surface area contributed by atoms with E-state index in [2.05, 4.69) is 11.2 Å². The molecule has 0 fully saturated rings. The van der Waals surface area contributed by atoms with Crippen LogP contribution in [0.3, 0.4) is 0 Å². The van der Waals surface area contributed by atoms with Crippen LogP contribution in [0.4, 0.5) is 0 Å². The summed E-state index contributed by atoms with van der Waals surface area (Å²) in [5.41, 5.74) is -0.896. The fourth-order valence-electron chi connectivity index (χ4n) is 2.53. The molecule has 1 rings (SSSR count). The van der Waals surface area contributed by atoms with Gasteiger partial charge in [-0.25, -0.2) is 4.79 Å². The Labute approximate surface area is 164 Å². The average Bonchev–Trinajstić information content (AvgIpc) is 2.70. The normalized spacial score (nSPS) is 13.6. The van der Waals surface area contributed by atoms with E-state index in [0.29, 0.717) is 17.7 Å². The molecule has 0 unspecified atom stereocenters. The maximum absolute atomic E-state index is 12.5. The van der Waals surface area contributed by atoms with Crippen LogP contribution in [0.15, 0.2) is 24.3 Å². The van der Waals surface area contributed by atoms with E-state index in [1.807, 2.05) is 6.07 Å². The number of carbonyl (C=O) groups is 2. The number of ether oxygens (including phenoxy) is 3. The molecule has 0 aliphatic heterocycles. The van der Waals surface area contributed by atoms with Crippen LogP contribution < -0.4 is 5.32 Å². The number of nitriles is 1. The van der Waals surface area contributed by atoms with Gasteiger partial charge in [-0.05, 0) is 24.3 Å². The topological polar surface area (TPSA) is 118 Å². The van der Waals surface area contributed by atoms with E-state index in [-0.39, 0.29) is 26.1 Å². The number of carboxylic acids is 1. The van der Waals surface area contributed by atoms with Gasteiger partial charge in [-0.15, -0.1) is 12.3 Å². The summed E-state index contributed by atoms with van der Waals surface area (Å²) in [5.74, 6) is 0.661. The minimum atomic E-state index is -1.65. The van der Waals surface area contributed by atoms with E-state index >= 15 is 0 Å². The van der Waals surface area contributed by atoms with Crippen LogP contribution in [0.1, 0.15) is 28.8 Å². The summed E-state index contributed by atoms with van der Waals surface area (Å²) in [6, 6.07) is 7.37.